The van der Waals surface area contributed by atoms with Gasteiger partial charge in [-0.3, -0.25) is 0 Å². The van der Waals surface area contributed by atoms with Crippen LogP contribution in [0.5, 0.6) is 5.75 Å². The third-order valence-electron chi connectivity index (χ3n) is 6.34. The molecule has 0 bridgehead atoms. The van der Waals surface area contributed by atoms with Gasteiger partial charge in [-0.2, -0.15) is 0 Å². The molecule has 0 aliphatic carbocycles. The predicted octanol–water partition coefficient (Wildman–Crippen LogP) is 3.14. The van der Waals surface area contributed by atoms with E-state index in [0.717, 1.165) is 28.0 Å². The van der Waals surface area contributed by atoms with Crippen LogP contribution in [-0.4, -0.2) is 40.9 Å². The van der Waals surface area contributed by atoms with Crippen LogP contribution in [0.3, 0.4) is 0 Å². The van der Waals surface area contributed by atoms with Crippen molar-refractivity contribution >= 4 is 12.0 Å². The number of nitrogens with zero attached hydrogens (tertiary/aromatic N) is 2. The number of methoxy groups -OCH3 is 1. The highest BCUT2D eigenvalue weighted by Crippen LogP contribution is 2.31. The number of amides is 2. The number of rotatable bonds is 9. The van der Waals surface area contributed by atoms with Gasteiger partial charge >= 0.3 is 6.03 Å². The van der Waals surface area contributed by atoms with E-state index in [1.807, 2.05) is 85.8 Å². The van der Waals surface area contributed by atoms with E-state index >= 15 is 0 Å². The summed E-state index contributed by atoms with van der Waals surface area (Å²) in [6.07, 6.45) is -0.335. The normalized spacial score (nSPS) is 19.0. The summed E-state index contributed by atoms with van der Waals surface area (Å²) in [5.41, 5.74) is 9.46. The van der Waals surface area contributed by atoms with Crippen molar-refractivity contribution in [2.45, 2.75) is 44.7 Å². The number of ether oxygens (including phenoxy) is 1. The average molecular weight is 488 g/mol. The Morgan fingerprint density at radius 2 is 1.58 bits per heavy atom. The van der Waals surface area contributed by atoms with E-state index in [1.54, 1.807) is 12.0 Å². The summed E-state index contributed by atoms with van der Waals surface area (Å²) in [6, 6.07) is 25.1. The highest BCUT2D eigenvalue weighted by molar-refractivity contribution is 5.81. The molecule has 188 valence electrons. The maximum absolute atomic E-state index is 12.1. The molecule has 4 rings (SSSR count). The van der Waals surface area contributed by atoms with Crippen molar-refractivity contribution < 1.29 is 14.6 Å². The first kappa shape index (κ1) is 25.1. The molecule has 36 heavy (non-hydrogen) atoms. The second kappa shape index (κ2) is 11.1. The van der Waals surface area contributed by atoms with E-state index in [1.165, 1.54) is 0 Å². The number of aliphatic imine (C=N–C) groups is 1. The molecule has 0 spiro atoms. The Labute approximate surface area is 211 Å². The molecule has 2 amide bonds. The number of carbonyl (C=O) groups is 1. The first-order chi connectivity index (χ1) is 17.4. The lowest BCUT2D eigenvalue weighted by Crippen LogP contribution is -2.47. The van der Waals surface area contributed by atoms with Gasteiger partial charge in [0, 0.05) is 26.1 Å². The fourth-order valence-corrected chi connectivity index (χ4v) is 4.32. The summed E-state index contributed by atoms with van der Waals surface area (Å²) in [5, 5.41) is 16.8. The number of urea groups is 1. The Hall–Kier alpha value is -4.04. The summed E-state index contributed by atoms with van der Waals surface area (Å²) in [4.78, 5) is 18.4. The van der Waals surface area contributed by atoms with Gasteiger partial charge in [-0.25, -0.2) is 9.79 Å². The van der Waals surface area contributed by atoms with Crippen LogP contribution in [0, 0.1) is 0 Å². The van der Waals surface area contributed by atoms with Gasteiger partial charge in [-0.05, 0) is 41.3 Å². The summed E-state index contributed by atoms with van der Waals surface area (Å²) in [5.74, 6) is 1.08. The molecule has 3 aromatic rings. The molecule has 8 nitrogen and oxygen atoms in total. The molecule has 1 aliphatic heterocycles. The van der Waals surface area contributed by atoms with Gasteiger partial charge < -0.3 is 31.1 Å². The Morgan fingerprint density at radius 1 is 0.972 bits per heavy atom. The van der Waals surface area contributed by atoms with E-state index in [4.69, 9.17) is 10.5 Å². The first-order valence-corrected chi connectivity index (χ1v) is 11.9. The smallest absolute Gasteiger partial charge is 0.315 e. The van der Waals surface area contributed by atoms with Gasteiger partial charge in [0.2, 0.25) is 0 Å². The molecule has 0 saturated carbocycles. The van der Waals surface area contributed by atoms with Crippen molar-refractivity contribution in [2.24, 2.45) is 10.7 Å². The van der Waals surface area contributed by atoms with Crippen molar-refractivity contribution in [3.63, 3.8) is 0 Å². The van der Waals surface area contributed by atoms with Crippen molar-refractivity contribution in [2.75, 3.05) is 7.11 Å². The summed E-state index contributed by atoms with van der Waals surface area (Å²) < 4.78 is 5.31. The van der Waals surface area contributed by atoms with Gasteiger partial charge in [0.1, 0.15) is 11.3 Å². The molecule has 2 atom stereocenters. The minimum atomic E-state index is -0.863. The van der Waals surface area contributed by atoms with Crippen LogP contribution in [0.1, 0.15) is 29.2 Å². The number of nitrogens with one attached hydrogen (secondary N) is 2. The zero-order valence-corrected chi connectivity index (χ0v) is 20.6. The summed E-state index contributed by atoms with van der Waals surface area (Å²) >= 11 is 0. The maximum Gasteiger partial charge on any atom is 0.315 e. The molecule has 0 radical (unpaired) electrons. The van der Waals surface area contributed by atoms with Crippen LogP contribution < -0.4 is 21.1 Å². The highest BCUT2D eigenvalue weighted by Gasteiger charge is 2.43. The second-order valence-corrected chi connectivity index (χ2v) is 9.20. The lowest BCUT2D eigenvalue weighted by Gasteiger charge is -2.31. The van der Waals surface area contributed by atoms with Crippen LogP contribution in [0.2, 0.25) is 0 Å². The highest BCUT2D eigenvalue weighted by atomic mass is 16.5. The zero-order chi connectivity index (χ0) is 25.5. The molecule has 8 heteroatoms. The third-order valence-corrected chi connectivity index (χ3v) is 6.34. The minimum absolute atomic E-state index is 0.220. The Balaban J connectivity index is 1.30. The SMILES string of the molecule is COc1cccc(CC2(C)N=C(N)N(Cc3ccc(CNC(=O)NCc4ccccc4)cc3)C2O)c1. The molecule has 2 unspecified atom stereocenters. The Morgan fingerprint density at radius 3 is 2.25 bits per heavy atom. The lowest BCUT2D eigenvalue weighted by molar-refractivity contribution is 0.00763. The van der Waals surface area contributed by atoms with Gasteiger partial charge in [0.05, 0.1) is 7.11 Å². The van der Waals surface area contributed by atoms with Crippen molar-refractivity contribution in [3.05, 3.63) is 101 Å². The van der Waals surface area contributed by atoms with Crippen LogP contribution >= 0.6 is 0 Å². The average Bonchev–Trinajstić information content (AvgIpc) is 3.10. The van der Waals surface area contributed by atoms with E-state index in [9.17, 15) is 9.90 Å². The number of benzene rings is 3. The van der Waals surface area contributed by atoms with E-state index in [-0.39, 0.29) is 6.03 Å². The largest absolute Gasteiger partial charge is 0.497 e. The quantitative estimate of drug-likeness (QED) is 0.371. The molecule has 1 aliphatic rings. The molecule has 0 saturated heterocycles. The van der Waals surface area contributed by atoms with E-state index in [0.29, 0.717) is 32.0 Å². The maximum atomic E-state index is 12.1. The lowest BCUT2D eigenvalue weighted by atomic mass is 9.91. The molecule has 1 heterocycles. The van der Waals surface area contributed by atoms with Crippen molar-refractivity contribution in [3.8, 4) is 5.75 Å². The third kappa shape index (κ3) is 6.14. The first-order valence-electron chi connectivity index (χ1n) is 11.9. The van der Waals surface area contributed by atoms with Crippen LogP contribution in [-0.2, 0) is 26.1 Å². The standard InChI is InChI=1S/C28H33N5O3/c1-28(16-23-9-6-10-24(15-23)36-2)25(34)33(26(29)32-28)19-22-13-11-21(12-14-22)18-31-27(35)30-17-20-7-4-3-5-8-20/h3-15,25,34H,16-19H2,1-2H3,(H2,29,32)(H2,30,31,35). The van der Waals surface area contributed by atoms with Gasteiger partial charge in [-0.1, -0.05) is 66.7 Å². The Kier molecular flexibility index (Phi) is 7.75. The number of nitrogens with two attached hydrogens (primary N) is 1. The minimum Gasteiger partial charge on any atom is -0.497 e. The Bertz CT molecular complexity index is 1200. The van der Waals surface area contributed by atoms with Crippen LogP contribution in [0.25, 0.3) is 0 Å². The predicted molar refractivity (Wildman–Crippen MR) is 140 cm³/mol. The van der Waals surface area contributed by atoms with Crippen LogP contribution in [0.15, 0.2) is 83.9 Å². The van der Waals surface area contributed by atoms with Gasteiger partial charge in [0.15, 0.2) is 12.2 Å². The fourth-order valence-electron chi connectivity index (χ4n) is 4.32. The van der Waals surface area contributed by atoms with Crippen LogP contribution in [0.4, 0.5) is 4.79 Å². The molecular formula is C28H33N5O3. The number of hydrogen-bond acceptors (Lipinski definition) is 6. The molecule has 0 fully saturated rings. The summed E-state index contributed by atoms with van der Waals surface area (Å²) in [6.45, 7) is 3.22. The molecular weight excluding hydrogens is 454 g/mol. The van der Waals surface area contributed by atoms with Gasteiger partial charge in [0.25, 0.3) is 0 Å². The molecule has 0 aromatic heterocycles. The van der Waals surface area contributed by atoms with Gasteiger partial charge in [-0.15, -0.1) is 0 Å². The van der Waals surface area contributed by atoms with E-state index in [2.05, 4.69) is 15.6 Å². The van der Waals surface area contributed by atoms with Crippen molar-refractivity contribution in [1.29, 1.82) is 0 Å². The monoisotopic (exact) mass is 487 g/mol. The summed E-state index contributed by atoms with van der Waals surface area (Å²) in [7, 11) is 1.63. The topological polar surface area (TPSA) is 112 Å². The second-order valence-electron chi connectivity index (χ2n) is 9.20. The number of aliphatic hydroxyl groups is 1. The number of guanidine groups is 1. The van der Waals surface area contributed by atoms with Crippen molar-refractivity contribution in [1.82, 2.24) is 15.5 Å². The fraction of sp³-hybridized carbons (Fsp3) is 0.286. The molecule has 3 aromatic carbocycles. The zero-order valence-electron chi connectivity index (χ0n) is 20.6. The number of carbonyl (C=O) groups excluding carboxylic acids is 1. The molecule has 5 N–H and O–H groups in total. The number of aliphatic hydroxyl groups excluding tert-OH is 1. The number of hydrogen-bond donors (Lipinski definition) is 4. The van der Waals surface area contributed by atoms with E-state index < -0.39 is 11.8 Å².